The number of nitrogens with two attached hydrogens (primary N) is 1. The Hall–Kier alpha value is -3.63. The summed E-state index contributed by atoms with van der Waals surface area (Å²) in [6, 6.07) is 10.7. The molecule has 36 heavy (non-hydrogen) atoms. The summed E-state index contributed by atoms with van der Waals surface area (Å²) in [7, 11) is 0. The van der Waals surface area contributed by atoms with Crippen molar-refractivity contribution in [2.75, 3.05) is 42.3 Å². The minimum absolute atomic E-state index is 0.0850. The molecule has 0 amide bonds. The second-order valence-corrected chi connectivity index (χ2v) is 10.5. The van der Waals surface area contributed by atoms with Gasteiger partial charge in [-0.05, 0) is 30.3 Å². The standard InChI is InChI=1S/C26H28FN7OS/c1-26(2,3)24-33-22(17-5-4-6-18(28)21(17)27)23(36-24)19-9-10-29-25(32-19)31-16-7-8-20(30-15-16)34-11-13-35-14-12-34/h4-10,15H,11-14,28H2,1-3H3,(H,29,31,32). The van der Waals surface area contributed by atoms with Gasteiger partial charge in [0.2, 0.25) is 5.95 Å². The van der Waals surface area contributed by atoms with Crippen molar-refractivity contribution in [2.24, 2.45) is 0 Å². The van der Waals surface area contributed by atoms with E-state index in [0.717, 1.165) is 34.5 Å². The number of benzene rings is 1. The maximum atomic E-state index is 15.0. The average Bonchev–Trinajstić information content (AvgIpc) is 3.33. The predicted molar refractivity (Wildman–Crippen MR) is 142 cm³/mol. The first-order valence-corrected chi connectivity index (χ1v) is 12.6. The second-order valence-electron chi connectivity index (χ2n) is 9.55. The highest BCUT2D eigenvalue weighted by atomic mass is 32.1. The van der Waals surface area contributed by atoms with Crippen molar-refractivity contribution in [3.8, 4) is 21.8 Å². The third kappa shape index (κ3) is 5.00. The van der Waals surface area contributed by atoms with Crippen LogP contribution in [0.15, 0.2) is 48.8 Å². The van der Waals surface area contributed by atoms with Gasteiger partial charge in [-0.3, -0.25) is 0 Å². The zero-order valence-corrected chi connectivity index (χ0v) is 21.3. The molecule has 1 fully saturated rings. The van der Waals surface area contributed by atoms with E-state index in [9.17, 15) is 0 Å². The summed E-state index contributed by atoms with van der Waals surface area (Å²) in [5.41, 5.74) is 8.03. The van der Waals surface area contributed by atoms with E-state index >= 15 is 4.39 Å². The van der Waals surface area contributed by atoms with E-state index in [4.69, 9.17) is 20.4 Å². The number of anilines is 4. The number of nitrogens with one attached hydrogen (secondary N) is 1. The quantitative estimate of drug-likeness (QED) is 0.354. The molecule has 3 N–H and O–H groups in total. The van der Waals surface area contributed by atoms with E-state index in [1.807, 2.05) is 12.1 Å². The lowest BCUT2D eigenvalue weighted by molar-refractivity contribution is 0.122. The van der Waals surface area contributed by atoms with Crippen LogP contribution >= 0.6 is 11.3 Å². The molecule has 0 saturated carbocycles. The molecule has 10 heteroatoms. The molecule has 0 atom stereocenters. The van der Waals surface area contributed by atoms with Crippen LogP contribution in [0.25, 0.3) is 21.8 Å². The summed E-state index contributed by atoms with van der Waals surface area (Å²) in [4.78, 5) is 21.4. The molecule has 8 nitrogen and oxygen atoms in total. The van der Waals surface area contributed by atoms with E-state index in [1.165, 1.54) is 11.3 Å². The maximum Gasteiger partial charge on any atom is 0.227 e. The molecule has 4 heterocycles. The fourth-order valence-corrected chi connectivity index (χ4v) is 4.95. The first-order valence-electron chi connectivity index (χ1n) is 11.7. The largest absolute Gasteiger partial charge is 0.396 e. The number of morpholine rings is 1. The van der Waals surface area contributed by atoms with Gasteiger partial charge in [0, 0.05) is 30.3 Å². The fourth-order valence-electron chi connectivity index (χ4n) is 3.84. The van der Waals surface area contributed by atoms with Crippen molar-refractivity contribution in [2.45, 2.75) is 26.2 Å². The summed E-state index contributed by atoms with van der Waals surface area (Å²) >= 11 is 1.50. The number of aromatic nitrogens is 4. The van der Waals surface area contributed by atoms with Crippen molar-refractivity contribution in [1.82, 2.24) is 19.9 Å². The van der Waals surface area contributed by atoms with E-state index in [-0.39, 0.29) is 11.1 Å². The number of halogens is 1. The van der Waals surface area contributed by atoms with E-state index < -0.39 is 5.82 Å². The smallest absolute Gasteiger partial charge is 0.227 e. The molecule has 5 rings (SSSR count). The van der Waals surface area contributed by atoms with E-state index in [0.29, 0.717) is 36.1 Å². The van der Waals surface area contributed by atoms with Gasteiger partial charge in [0.25, 0.3) is 0 Å². The Morgan fingerprint density at radius 1 is 1.06 bits per heavy atom. The number of ether oxygens (including phenoxy) is 1. The van der Waals surface area contributed by atoms with Gasteiger partial charge >= 0.3 is 0 Å². The summed E-state index contributed by atoms with van der Waals surface area (Å²) in [5.74, 6) is 0.841. The molecule has 1 saturated heterocycles. The van der Waals surface area contributed by atoms with Crippen LogP contribution in [-0.2, 0) is 10.2 Å². The molecule has 1 aliphatic rings. The number of hydrogen-bond donors (Lipinski definition) is 2. The number of pyridine rings is 1. The molecule has 0 spiro atoms. The van der Waals surface area contributed by atoms with Crippen LogP contribution in [0.3, 0.4) is 0 Å². The van der Waals surface area contributed by atoms with Crippen LogP contribution in [0.4, 0.5) is 27.5 Å². The molecule has 4 aromatic rings. The zero-order valence-electron chi connectivity index (χ0n) is 20.5. The average molecular weight is 506 g/mol. The van der Waals surface area contributed by atoms with Crippen LogP contribution in [0.1, 0.15) is 25.8 Å². The van der Waals surface area contributed by atoms with Gasteiger partial charge in [-0.2, -0.15) is 0 Å². The molecule has 0 bridgehead atoms. The summed E-state index contributed by atoms with van der Waals surface area (Å²) in [6.07, 6.45) is 3.44. The topological polar surface area (TPSA) is 102 Å². The van der Waals surface area contributed by atoms with E-state index in [1.54, 1.807) is 36.7 Å². The predicted octanol–water partition coefficient (Wildman–Crippen LogP) is 5.26. The van der Waals surface area contributed by atoms with E-state index in [2.05, 4.69) is 41.0 Å². The number of nitrogens with zero attached hydrogens (tertiary/aromatic N) is 5. The van der Waals surface area contributed by atoms with Crippen LogP contribution in [0, 0.1) is 5.82 Å². The molecule has 0 radical (unpaired) electrons. The van der Waals surface area contributed by atoms with Crippen LogP contribution in [0.2, 0.25) is 0 Å². The third-order valence-corrected chi connectivity index (χ3v) is 7.28. The van der Waals surface area contributed by atoms with Crippen molar-refractivity contribution >= 4 is 34.5 Å². The Kier molecular flexibility index (Phi) is 6.55. The third-order valence-electron chi connectivity index (χ3n) is 5.78. The molecule has 0 aliphatic carbocycles. The number of rotatable bonds is 5. The minimum Gasteiger partial charge on any atom is -0.396 e. The van der Waals surface area contributed by atoms with Gasteiger partial charge in [0.05, 0.1) is 52.1 Å². The lowest BCUT2D eigenvalue weighted by atomic mass is 9.98. The molecule has 3 aromatic heterocycles. The van der Waals surface area contributed by atoms with Gasteiger partial charge in [-0.1, -0.05) is 26.8 Å². The highest BCUT2D eigenvalue weighted by Gasteiger charge is 2.25. The molecule has 0 unspecified atom stereocenters. The maximum absolute atomic E-state index is 15.0. The second kappa shape index (κ2) is 9.79. The Morgan fingerprint density at radius 3 is 2.58 bits per heavy atom. The molecular formula is C26H28FN7OS. The first-order chi connectivity index (χ1) is 17.3. The summed E-state index contributed by atoms with van der Waals surface area (Å²) in [6.45, 7) is 9.30. The Morgan fingerprint density at radius 2 is 1.86 bits per heavy atom. The van der Waals surface area contributed by atoms with Crippen LogP contribution in [-0.4, -0.2) is 46.2 Å². The van der Waals surface area contributed by atoms with Crippen LogP contribution < -0.4 is 16.0 Å². The molecule has 1 aromatic carbocycles. The Balaban J connectivity index is 1.46. The van der Waals surface area contributed by atoms with Gasteiger partial charge in [0.15, 0.2) is 5.82 Å². The monoisotopic (exact) mass is 505 g/mol. The number of thiazole rings is 1. The van der Waals surface area contributed by atoms with Crippen molar-refractivity contribution in [3.05, 3.63) is 59.6 Å². The van der Waals surface area contributed by atoms with Gasteiger partial charge < -0.3 is 20.7 Å². The first kappa shape index (κ1) is 24.1. The summed E-state index contributed by atoms with van der Waals surface area (Å²) in [5, 5.41) is 4.10. The summed E-state index contributed by atoms with van der Waals surface area (Å²) < 4.78 is 20.4. The SMILES string of the molecule is CC(C)(C)c1nc(-c2cccc(N)c2F)c(-c2ccnc(Nc3ccc(N4CCOCC4)nc3)n2)s1. The lowest BCUT2D eigenvalue weighted by Crippen LogP contribution is -2.36. The highest BCUT2D eigenvalue weighted by Crippen LogP contribution is 2.41. The molecule has 186 valence electrons. The van der Waals surface area contributed by atoms with Crippen molar-refractivity contribution in [3.63, 3.8) is 0 Å². The Bertz CT molecular complexity index is 1360. The number of nitrogen functional groups attached to an aromatic ring is 1. The van der Waals surface area contributed by atoms with Crippen LogP contribution in [0.5, 0.6) is 0 Å². The fraction of sp³-hybridized carbons (Fsp3) is 0.308. The molecule has 1 aliphatic heterocycles. The number of hydrogen-bond acceptors (Lipinski definition) is 9. The van der Waals surface area contributed by atoms with Gasteiger partial charge in [-0.15, -0.1) is 11.3 Å². The molecular weight excluding hydrogens is 477 g/mol. The van der Waals surface area contributed by atoms with Crippen molar-refractivity contribution in [1.29, 1.82) is 0 Å². The minimum atomic E-state index is -0.483. The normalized spacial score (nSPS) is 14.2. The van der Waals surface area contributed by atoms with Gasteiger partial charge in [0.1, 0.15) is 5.82 Å². The van der Waals surface area contributed by atoms with Crippen molar-refractivity contribution < 1.29 is 9.13 Å². The highest BCUT2D eigenvalue weighted by molar-refractivity contribution is 7.15. The zero-order chi connectivity index (χ0) is 25.3. The Labute approximate surface area is 213 Å². The lowest BCUT2D eigenvalue weighted by Gasteiger charge is -2.27. The van der Waals surface area contributed by atoms with Gasteiger partial charge in [-0.25, -0.2) is 24.3 Å².